The number of rotatable bonds is 6. The maximum atomic E-state index is 12.3. The maximum absolute atomic E-state index is 12.3. The number of amides is 1. The number of carboxylic acid groups (broad SMARTS) is 1. The Kier molecular flexibility index (Phi) is 4.55. The molecule has 0 aliphatic rings. The Morgan fingerprint density at radius 3 is 2.77 bits per heavy atom. The summed E-state index contributed by atoms with van der Waals surface area (Å²) in [5, 5.41) is 11.6. The van der Waals surface area contributed by atoms with Crippen molar-refractivity contribution in [2.45, 2.75) is 32.2 Å². The highest BCUT2D eigenvalue weighted by Gasteiger charge is 2.22. The molecule has 22 heavy (non-hydrogen) atoms. The lowest BCUT2D eigenvalue weighted by atomic mass is 9.98. The Bertz CT molecular complexity index is 665. The molecule has 7 nitrogen and oxygen atoms in total. The normalized spacial score (nSPS) is 11.2. The minimum atomic E-state index is -0.881. The number of carbonyl (C=O) groups excluding carboxylic acids is 1. The van der Waals surface area contributed by atoms with Crippen molar-refractivity contribution in [3.05, 3.63) is 42.6 Å². The molecule has 7 heteroatoms. The van der Waals surface area contributed by atoms with Gasteiger partial charge in [0, 0.05) is 36.1 Å². The molecule has 0 aromatic carbocycles. The van der Waals surface area contributed by atoms with E-state index in [2.05, 4.69) is 15.3 Å². The van der Waals surface area contributed by atoms with Crippen LogP contribution in [0.5, 0.6) is 0 Å². The molecular formula is C15H18N4O3. The van der Waals surface area contributed by atoms with Gasteiger partial charge in [0.1, 0.15) is 12.1 Å². The Labute approximate surface area is 128 Å². The van der Waals surface area contributed by atoms with Crippen LogP contribution in [-0.2, 0) is 4.79 Å². The number of aromatic nitrogens is 3. The smallest absolute Gasteiger partial charge is 0.303 e. The molecule has 0 saturated heterocycles. The van der Waals surface area contributed by atoms with Crippen LogP contribution in [0.4, 0.5) is 0 Å². The summed E-state index contributed by atoms with van der Waals surface area (Å²) in [4.78, 5) is 31.1. The zero-order valence-electron chi connectivity index (χ0n) is 12.5. The van der Waals surface area contributed by atoms with Crippen LogP contribution in [0.15, 0.2) is 37.1 Å². The van der Waals surface area contributed by atoms with Gasteiger partial charge in [0.05, 0.1) is 0 Å². The largest absolute Gasteiger partial charge is 0.481 e. The number of hydrogen-bond donors (Lipinski definition) is 2. The summed E-state index contributed by atoms with van der Waals surface area (Å²) in [7, 11) is 0. The van der Waals surface area contributed by atoms with Gasteiger partial charge < -0.3 is 10.4 Å². The van der Waals surface area contributed by atoms with E-state index < -0.39 is 11.5 Å². The second kappa shape index (κ2) is 6.38. The molecule has 0 bridgehead atoms. The van der Waals surface area contributed by atoms with Crippen molar-refractivity contribution in [1.82, 2.24) is 19.9 Å². The second-order valence-electron chi connectivity index (χ2n) is 5.60. The number of nitrogens with one attached hydrogen (secondary N) is 1. The van der Waals surface area contributed by atoms with Crippen LogP contribution in [0, 0.1) is 0 Å². The standard InChI is InChI=1S/C15H18N4O3/c1-15(2,5-3-13(20)21)18-14(22)11-4-6-17-12(9-11)19-8-7-16-10-19/h4,6-10H,3,5H2,1-2H3,(H,18,22)(H,20,21). The van der Waals surface area contributed by atoms with Gasteiger partial charge in [-0.3, -0.25) is 14.2 Å². The molecule has 2 N–H and O–H groups in total. The highest BCUT2D eigenvalue weighted by Crippen LogP contribution is 2.14. The third-order valence-electron chi connectivity index (χ3n) is 3.19. The number of imidazole rings is 1. The average molecular weight is 302 g/mol. The molecule has 1 amide bonds. The van der Waals surface area contributed by atoms with E-state index in [4.69, 9.17) is 5.11 Å². The highest BCUT2D eigenvalue weighted by atomic mass is 16.4. The second-order valence-corrected chi connectivity index (χ2v) is 5.60. The van der Waals surface area contributed by atoms with Crippen molar-refractivity contribution >= 4 is 11.9 Å². The minimum absolute atomic E-state index is 0.00388. The SMILES string of the molecule is CC(C)(CCC(=O)O)NC(=O)c1ccnc(-n2ccnc2)c1. The molecule has 116 valence electrons. The van der Waals surface area contributed by atoms with Gasteiger partial charge in [0.2, 0.25) is 0 Å². The number of pyridine rings is 1. The van der Waals surface area contributed by atoms with Gasteiger partial charge >= 0.3 is 5.97 Å². The lowest BCUT2D eigenvalue weighted by Crippen LogP contribution is -2.43. The molecule has 0 radical (unpaired) electrons. The average Bonchev–Trinajstić information content (AvgIpc) is 2.99. The molecule has 0 unspecified atom stereocenters. The summed E-state index contributed by atoms with van der Waals surface area (Å²) in [5.41, 5.74) is -0.143. The van der Waals surface area contributed by atoms with E-state index >= 15 is 0 Å². The summed E-state index contributed by atoms with van der Waals surface area (Å²) in [6, 6.07) is 3.27. The Balaban J connectivity index is 2.09. The van der Waals surface area contributed by atoms with E-state index in [1.54, 1.807) is 55.5 Å². The van der Waals surface area contributed by atoms with Crippen LogP contribution in [-0.4, -0.2) is 37.1 Å². The van der Waals surface area contributed by atoms with E-state index in [0.29, 0.717) is 17.8 Å². The van der Waals surface area contributed by atoms with Crippen molar-refractivity contribution in [1.29, 1.82) is 0 Å². The predicted molar refractivity (Wildman–Crippen MR) is 79.8 cm³/mol. The fourth-order valence-corrected chi connectivity index (χ4v) is 1.96. The van der Waals surface area contributed by atoms with Gasteiger partial charge in [0.15, 0.2) is 0 Å². The maximum Gasteiger partial charge on any atom is 0.303 e. The Hall–Kier alpha value is -2.70. The molecule has 0 aliphatic carbocycles. The van der Waals surface area contributed by atoms with Crippen LogP contribution in [0.1, 0.15) is 37.0 Å². The quantitative estimate of drug-likeness (QED) is 0.845. The van der Waals surface area contributed by atoms with Crippen molar-refractivity contribution in [2.24, 2.45) is 0 Å². The summed E-state index contributed by atoms with van der Waals surface area (Å²) >= 11 is 0. The Morgan fingerprint density at radius 2 is 2.14 bits per heavy atom. The summed E-state index contributed by atoms with van der Waals surface area (Å²) in [6.45, 7) is 3.59. The van der Waals surface area contributed by atoms with Crippen molar-refractivity contribution in [3.8, 4) is 5.82 Å². The molecule has 0 spiro atoms. The lowest BCUT2D eigenvalue weighted by Gasteiger charge is -2.25. The van der Waals surface area contributed by atoms with Crippen LogP contribution in [0.25, 0.3) is 5.82 Å². The van der Waals surface area contributed by atoms with E-state index in [-0.39, 0.29) is 12.3 Å². The number of nitrogens with zero attached hydrogens (tertiary/aromatic N) is 3. The molecule has 0 aliphatic heterocycles. The van der Waals surface area contributed by atoms with Crippen LogP contribution >= 0.6 is 0 Å². The zero-order chi connectivity index (χ0) is 16.2. The lowest BCUT2D eigenvalue weighted by molar-refractivity contribution is -0.137. The molecular weight excluding hydrogens is 284 g/mol. The molecule has 2 rings (SSSR count). The Morgan fingerprint density at radius 1 is 1.36 bits per heavy atom. The number of aliphatic carboxylic acids is 1. The van der Waals surface area contributed by atoms with Gasteiger partial charge in [-0.25, -0.2) is 9.97 Å². The number of hydrogen-bond acceptors (Lipinski definition) is 4. The summed E-state index contributed by atoms with van der Waals surface area (Å²) in [6.07, 6.45) is 6.87. The third-order valence-corrected chi connectivity index (χ3v) is 3.19. The van der Waals surface area contributed by atoms with Crippen LogP contribution in [0.3, 0.4) is 0 Å². The highest BCUT2D eigenvalue weighted by molar-refractivity contribution is 5.95. The molecule has 0 atom stereocenters. The van der Waals surface area contributed by atoms with Gasteiger partial charge in [-0.2, -0.15) is 0 Å². The monoisotopic (exact) mass is 302 g/mol. The fourth-order valence-electron chi connectivity index (χ4n) is 1.96. The van der Waals surface area contributed by atoms with Gasteiger partial charge in [-0.1, -0.05) is 0 Å². The van der Waals surface area contributed by atoms with E-state index in [9.17, 15) is 9.59 Å². The predicted octanol–water partition coefficient (Wildman–Crippen LogP) is 1.64. The first-order chi connectivity index (χ1) is 10.4. The van der Waals surface area contributed by atoms with Crippen molar-refractivity contribution < 1.29 is 14.7 Å². The third kappa shape index (κ3) is 4.15. The molecule has 2 aromatic rings. The first-order valence-electron chi connectivity index (χ1n) is 6.86. The van der Waals surface area contributed by atoms with Gasteiger partial charge in [0.25, 0.3) is 5.91 Å². The first kappa shape index (κ1) is 15.7. The van der Waals surface area contributed by atoms with E-state index in [1.165, 1.54) is 0 Å². The van der Waals surface area contributed by atoms with Gasteiger partial charge in [-0.15, -0.1) is 0 Å². The van der Waals surface area contributed by atoms with Gasteiger partial charge in [-0.05, 0) is 32.4 Å². The minimum Gasteiger partial charge on any atom is -0.481 e. The molecule has 2 heterocycles. The molecule has 0 fully saturated rings. The summed E-state index contributed by atoms with van der Waals surface area (Å²) in [5.74, 6) is -0.554. The van der Waals surface area contributed by atoms with E-state index in [0.717, 1.165) is 0 Å². The first-order valence-corrected chi connectivity index (χ1v) is 6.86. The van der Waals surface area contributed by atoms with Crippen LogP contribution in [0.2, 0.25) is 0 Å². The topological polar surface area (TPSA) is 97.1 Å². The van der Waals surface area contributed by atoms with Crippen LogP contribution < -0.4 is 5.32 Å². The molecule has 2 aromatic heterocycles. The number of carbonyl (C=O) groups is 2. The zero-order valence-corrected chi connectivity index (χ0v) is 12.5. The fraction of sp³-hybridized carbons (Fsp3) is 0.333. The van der Waals surface area contributed by atoms with Crippen molar-refractivity contribution in [3.63, 3.8) is 0 Å². The molecule has 0 saturated carbocycles. The van der Waals surface area contributed by atoms with E-state index in [1.807, 2.05) is 0 Å². The van der Waals surface area contributed by atoms with Crippen molar-refractivity contribution in [2.75, 3.05) is 0 Å². The number of carboxylic acids is 1. The summed E-state index contributed by atoms with van der Waals surface area (Å²) < 4.78 is 1.70.